The second kappa shape index (κ2) is 11.8. The zero-order chi connectivity index (χ0) is 23.1. The summed E-state index contributed by atoms with van der Waals surface area (Å²) in [6, 6.07) is 3.93. The molecule has 0 amide bonds. The van der Waals surface area contributed by atoms with E-state index in [1.807, 2.05) is 36.4 Å². The molecule has 3 rings (SSSR count). The third-order valence-electron chi connectivity index (χ3n) is 7.14. The summed E-state index contributed by atoms with van der Waals surface area (Å²) in [4.78, 5) is 11.8. The molecule has 5 atom stereocenters. The van der Waals surface area contributed by atoms with Gasteiger partial charge in [0.05, 0.1) is 16.5 Å². The third kappa shape index (κ3) is 6.66. The molecule has 2 saturated carbocycles. The molecule has 1 heterocycles. The standard InChI is InChI=1S/C25H34ClFO4S/c26-23-12-11-17(32-23)16-25(13-6-14-25)22(29)9-5-8-19-18(20(27)15-21(19)28)7-3-1-2-4-10-24(30)31/h1,3,5,8,11-12,18-22,28-29H,2,4,6-7,9-10,13-16H2,(H,30,31)/b3-1+,8-5+/t18-,19-,20?,21-,22?/m1/s1. The fraction of sp³-hybridized carbons (Fsp3) is 0.640. The first kappa shape index (κ1) is 25.4. The van der Waals surface area contributed by atoms with Crippen LogP contribution in [0.25, 0.3) is 0 Å². The van der Waals surface area contributed by atoms with Gasteiger partial charge in [-0.1, -0.05) is 42.3 Å². The van der Waals surface area contributed by atoms with Gasteiger partial charge < -0.3 is 15.3 Å². The Kier molecular flexibility index (Phi) is 9.35. The van der Waals surface area contributed by atoms with Crippen molar-refractivity contribution >= 4 is 28.9 Å². The van der Waals surface area contributed by atoms with E-state index in [4.69, 9.17) is 16.7 Å². The molecule has 2 unspecified atom stereocenters. The van der Waals surface area contributed by atoms with Crippen molar-refractivity contribution in [2.45, 2.75) is 82.6 Å². The van der Waals surface area contributed by atoms with Gasteiger partial charge in [0.1, 0.15) is 6.17 Å². The third-order valence-corrected chi connectivity index (χ3v) is 8.37. The number of allylic oxidation sites excluding steroid dienone is 2. The van der Waals surface area contributed by atoms with Crippen molar-refractivity contribution in [1.29, 1.82) is 0 Å². The highest BCUT2D eigenvalue weighted by Crippen LogP contribution is 2.48. The van der Waals surface area contributed by atoms with E-state index in [9.17, 15) is 19.4 Å². The molecular weight excluding hydrogens is 451 g/mol. The predicted octanol–water partition coefficient (Wildman–Crippen LogP) is 5.96. The quantitative estimate of drug-likeness (QED) is 0.253. The van der Waals surface area contributed by atoms with Crippen LogP contribution in [0.5, 0.6) is 0 Å². The lowest BCUT2D eigenvalue weighted by Crippen LogP contribution is -2.42. The van der Waals surface area contributed by atoms with Crippen LogP contribution in [-0.2, 0) is 11.2 Å². The molecule has 2 aliphatic carbocycles. The summed E-state index contributed by atoms with van der Waals surface area (Å²) in [5.74, 6) is -1.37. The minimum Gasteiger partial charge on any atom is -0.481 e. The maximum absolute atomic E-state index is 14.5. The van der Waals surface area contributed by atoms with Crippen molar-refractivity contribution in [2.24, 2.45) is 17.3 Å². The van der Waals surface area contributed by atoms with Crippen LogP contribution in [-0.4, -0.2) is 39.7 Å². The summed E-state index contributed by atoms with van der Waals surface area (Å²) in [6.45, 7) is 0. The first-order valence-electron chi connectivity index (χ1n) is 11.6. The zero-order valence-corrected chi connectivity index (χ0v) is 19.9. The molecule has 0 radical (unpaired) electrons. The molecule has 0 bridgehead atoms. The molecule has 1 aromatic rings. The number of carboxylic acid groups (broad SMARTS) is 1. The molecule has 0 aliphatic heterocycles. The van der Waals surface area contributed by atoms with E-state index in [1.165, 1.54) is 4.88 Å². The van der Waals surface area contributed by atoms with Gasteiger partial charge in [0, 0.05) is 35.0 Å². The predicted molar refractivity (Wildman–Crippen MR) is 127 cm³/mol. The van der Waals surface area contributed by atoms with Gasteiger partial charge in [-0.25, -0.2) is 4.39 Å². The number of alkyl halides is 1. The molecule has 3 N–H and O–H groups in total. The van der Waals surface area contributed by atoms with Crippen molar-refractivity contribution < 1.29 is 24.5 Å². The first-order chi connectivity index (χ1) is 15.3. The van der Waals surface area contributed by atoms with E-state index < -0.39 is 24.3 Å². The summed E-state index contributed by atoms with van der Waals surface area (Å²) in [5.41, 5.74) is -0.118. The Bertz CT molecular complexity index is 804. The smallest absolute Gasteiger partial charge is 0.303 e. The molecule has 1 aromatic heterocycles. The minimum atomic E-state index is -1.06. The van der Waals surface area contributed by atoms with Gasteiger partial charge in [0.15, 0.2) is 0 Å². The number of aliphatic hydroxyl groups is 2. The van der Waals surface area contributed by atoms with Gasteiger partial charge in [-0.2, -0.15) is 0 Å². The fourth-order valence-electron chi connectivity index (χ4n) is 5.07. The number of thiophene rings is 1. The molecule has 7 heteroatoms. The number of halogens is 2. The normalized spacial score (nSPS) is 28.4. The largest absolute Gasteiger partial charge is 0.481 e. The summed E-state index contributed by atoms with van der Waals surface area (Å²) >= 11 is 7.63. The van der Waals surface area contributed by atoms with E-state index in [-0.39, 0.29) is 30.1 Å². The highest BCUT2D eigenvalue weighted by Gasteiger charge is 2.44. The van der Waals surface area contributed by atoms with E-state index in [2.05, 4.69) is 0 Å². The van der Waals surface area contributed by atoms with Crippen molar-refractivity contribution in [3.63, 3.8) is 0 Å². The van der Waals surface area contributed by atoms with E-state index in [0.717, 1.165) is 30.0 Å². The van der Waals surface area contributed by atoms with Crippen LogP contribution in [0, 0.1) is 17.3 Å². The number of aliphatic carboxylic acids is 1. The number of unbranched alkanes of at least 4 members (excludes halogenated alkanes) is 1. The van der Waals surface area contributed by atoms with Crippen LogP contribution >= 0.6 is 22.9 Å². The van der Waals surface area contributed by atoms with Crippen LogP contribution in [0.2, 0.25) is 4.34 Å². The highest BCUT2D eigenvalue weighted by molar-refractivity contribution is 7.16. The Morgan fingerprint density at radius 1 is 1.31 bits per heavy atom. The molecule has 2 aliphatic rings. The van der Waals surface area contributed by atoms with Crippen molar-refractivity contribution in [1.82, 2.24) is 0 Å². The van der Waals surface area contributed by atoms with Crippen molar-refractivity contribution in [3.05, 3.63) is 45.7 Å². The molecular formula is C25H34ClFO4S. The Balaban J connectivity index is 1.52. The second-order valence-corrected chi connectivity index (χ2v) is 11.1. The van der Waals surface area contributed by atoms with Gasteiger partial charge >= 0.3 is 5.97 Å². The molecule has 4 nitrogen and oxygen atoms in total. The number of aliphatic hydroxyl groups excluding tert-OH is 2. The topological polar surface area (TPSA) is 77.8 Å². The van der Waals surface area contributed by atoms with Gasteiger partial charge in [-0.15, -0.1) is 11.3 Å². The van der Waals surface area contributed by atoms with Crippen LogP contribution in [0.15, 0.2) is 36.4 Å². The number of carbonyl (C=O) groups is 1. The summed E-state index contributed by atoms with van der Waals surface area (Å²) in [6.07, 6.45) is 11.8. The monoisotopic (exact) mass is 484 g/mol. The lowest BCUT2D eigenvalue weighted by molar-refractivity contribution is -0.137. The lowest BCUT2D eigenvalue weighted by Gasteiger charge is -2.45. The number of hydrogen-bond acceptors (Lipinski definition) is 4. The average molecular weight is 485 g/mol. The van der Waals surface area contributed by atoms with Gasteiger partial charge in [-0.3, -0.25) is 4.79 Å². The Morgan fingerprint density at radius 3 is 2.72 bits per heavy atom. The number of hydrogen-bond donors (Lipinski definition) is 3. The van der Waals surface area contributed by atoms with Crippen LogP contribution in [0.1, 0.15) is 62.7 Å². The number of rotatable bonds is 12. The van der Waals surface area contributed by atoms with Gasteiger partial charge in [-0.05, 0) is 57.1 Å². The Labute approximate surface area is 198 Å². The Morgan fingerprint density at radius 2 is 2.09 bits per heavy atom. The lowest BCUT2D eigenvalue weighted by atomic mass is 9.62. The molecule has 0 aromatic carbocycles. The maximum Gasteiger partial charge on any atom is 0.303 e. The van der Waals surface area contributed by atoms with Gasteiger partial charge in [0.25, 0.3) is 0 Å². The molecule has 2 fully saturated rings. The van der Waals surface area contributed by atoms with Crippen LogP contribution < -0.4 is 0 Å². The molecule has 0 spiro atoms. The Hall–Kier alpha value is -1.21. The summed E-state index contributed by atoms with van der Waals surface area (Å²) in [7, 11) is 0. The van der Waals surface area contributed by atoms with E-state index in [1.54, 1.807) is 11.3 Å². The zero-order valence-electron chi connectivity index (χ0n) is 18.3. The van der Waals surface area contributed by atoms with Crippen LogP contribution in [0.4, 0.5) is 4.39 Å². The van der Waals surface area contributed by atoms with Gasteiger partial charge in [0.2, 0.25) is 0 Å². The maximum atomic E-state index is 14.5. The summed E-state index contributed by atoms with van der Waals surface area (Å²) in [5, 5.41) is 30.0. The molecule has 178 valence electrons. The second-order valence-electron chi connectivity index (χ2n) is 9.33. The van der Waals surface area contributed by atoms with Crippen LogP contribution in [0.3, 0.4) is 0 Å². The first-order valence-corrected chi connectivity index (χ1v) is 12.8. The summed E-state index contributed by atoms with van der Waals surface area (Å²) < 4.78 is 15.3. The minimum absolute atomic E-state index is 0.118. The van der Waals surface area contributed by atoms with E-state index in [0.29, 0.717) is 25.7 Å². The molecule has 32 heavy (non-hydrogen) atoms. The highest BCUT2D eigenvalue weighted by atomic mass is 35.5. The van der Waals surface area contributed by atoms with Crippen molar-refractivity contribution in [2.75, 3.05) is 0 Å². The fourth-order valence-corrected chi connectivity index (χ4v) is 6.32. The van der Waals surface area contributed by atoms with Crippen molar-refractivity contribution in [3.8, 4) is 0 Å². The number of carboxylic acids is 1. The average Bonchev–Trinajstić information content (AvgIpc) is 3.23. The molecule has 0 saturated heterocycles. The van der Waals surface area contributed by atoms with E-state index >= 15 is 0 Å². The SMILES string of the molecule is O=C(O)CCC/C=C/C[C@H]1C(F)C[C@@H](O)[C@@H]1/C=C/CC(O)C1(Cc2ccc(Cl)s2)CCC1.